The summed E-state index contributed by atoms with van der Waals surface area (Å²) in [6.45, 7) is 38.3. The van der Waals surface area contributed by atoms with E-state index in [-0.39, 0.29) is 51.9 Å². The van der Waals surface area contributed by atoms with E-state index in [1.807, 2.05) is 0 Å². The molecule has 0 radical (unpaired) electrons. The third kappa shape index (κ3) is 7.25. The molecule has 3 nitrogen and oxygen atoms in total. The van der Waals surface area contributed by atoms with Crippen LogP contribution in [0.5, 0.6) is 0 Å². The second-order valence-corrected chi connectivity index (χ2v) is 24.4. The molecule has 0 saturated heterocycles. The summed E-state index contributed by atoms with van der Waals surface area (Å²) < 4.78 is 7.56. The molecule has 9 rings (SSSR count). The molecule has 64 heavy (non-hydrogen) atoms. The first-order valence-corrected chi connectivity index (χ1v) is 24.5. The molecule has 4 heteroatoms. The Kier molecular flexibility index (Phi) is 10.6. The van der Waals surface area contributed by atoms with Crippen LogP contribution < -0.4 is 20.7 Å². The van der Waals surface area contributed by atoms with Gasteiger partial charge in [-0.2, -0.15) is 0 Å². The minimum atomic E-state index is -0.105. The zero-order chi connectivity index (χ0) is 46.1. The number of hydrogen-bond donors (Lipinski definition) is 0. The van der Waals surface area contributed by atoms with Gasteiger partial charge in [0.1, 0.15) is 11.8 Å². The van der Waals surface area contributed by atoms with E-state index in [9.17, 15) is 0 Å². The smallest absolute Gasteiger partial charge is 0.267 e. The first-order valence-electron chi connectivity index (χ1n) is 24.5. The van der Waals surface area contributed by atoms with Crippen LogP contribution in [0.3, 0.4) is 0 Å². The average Bonchev–Trinajstić information content (AvgIpc) is 3.59. The molecule has 0 bridgehead atoms. The van der Waals surface area contributed by atoms with Crippen molar-refractivity contribution in [3.8, 4) is 0 Å². The van der Waals surface area contributed by atoms with Gasteiger partial charge < -0.3 is 14.5 Å². The van der Waals surface area contributed by atoms with Crippen LogP contribution in [-0.4, -0.2) is 24.8 Å². The Morgan fingerprint density at radius 2 is 1.42 bits per heavy atom. The number of benzene rings is 4. The fraction of sp³-hybridized carbons (Fsp3) is 0.467. The molecule has 0 spiro atoms. The third-order valence-corrected chi connectivity index (χ3v) is 15.8. The summed E-state index contributed by atoms with van der Waals surface area (Å²) in [7, 11) is 0. The zero-order valence-electron chi connectivity index (χ0n) is 42.2. The molecule has 3 aliphatic heterocycles. The third-order valence-electron chi connectivity index (χ3n) is 15.8. The summed E-state index contributed by atoms with van der Waals surface area (Å²) >= 11 is 0. The molecule has 0 N–H and O–H groups in total. The maximum atomic E-state index is 7.56. The Balaban J connectivity index is 1.42. The first kappa shape index (κ1) is 44.5. The van der Waals surface area contributed by atoms with Crippen LogP contribution in [0.4, 0.5) is 22.7 Å². The van der Waals surface area contributed by atoms with Crippen LogP contribution in [0.1, 0.15) is 164 Å². The van der Waals surface area contributed by atoms with Gasteiger partial charge in [0.25, 0.3) is 6.71 Å². The van der Waals surface area contributed by atoms with Crippen molar-refractivity contribution in [2.75, 3.05) is 9.80 Å². The summed E-state index contributed by atoms with van der Waals surface area (Å²) in [5.41, 5.74) is 20.6. The molecule has 0 aromatic heterocycles. The number of nitrogens with zero attached hydrogens (tertiary/aromatic N) is 2. The lowest BCUT2D eigenvalue weighted by Crippen LogP contribution is -2.68. The van der Waals surface area contributed by atoms with Crippen molar-refractivity contribution in [3.05, 3.63) is 147 Å². The molecule has 4 aromatic carbocycles. The zero-order valence-corrected chi connectivity index (χ0v) is 42.2. The average molecular weight is 851 g/mol. The number of ether oxygens (including phenoxy) is 1. The number of fused-ring (bicyclic) bond motifs is 7. The lowest BCUT2D eigenvalue weighted by atomic mass is 9.32. The maximum Gasteiger partial charge on any atom is 0.267 e. The summed E-state index contributed by atoms with van der Waals surface area (Å²) in [4.78, 5) is 5.55. The van der Waals surface area contributed by atoms with Crippen LogP contribution in [0.25, 0.3) is 5.57 Å². The van der Waals surface area contributed by atoms with Crippen molar-refractivity contribution in [1.29, 1.82) is 0 Å². The number of hydrogen-bond acceptors (Lipinski definition) is 3. The summed E-state index contributed by atoms with van der Waals surface area (Å²) in [5.74, 6) is 1.19. The fourth-order valence-electron chi connectivity index (χ4n) is 11.9. The van der Waals surface area contributed by atoms with E-state index >= 15 is 0 Å². The predicted octanol–water partition coefficient (Wildman–Crippen LogP) is 14.6. The van der Waals surface area contributed by atoms with Crippen LogP contribution in [0.2, 0.25) is 0 Å². The Labute approximate surface area is 387 Å². The minimum Gasteiger partial charge on any atom is -0.499 e. The van der Waals surface area contributed by atoms with E-state index < -0.39 is 0 Å². The van der Waals surface area contributed by atoms with Gasteiger partial charge in [0.15, 0.2) is 0 Å². The van der Waals surface area contributed by atoms with Gasteiger partial charge in [-0.3, -0.25) is 0 Å². The lowest BCUT2D eigenvalue weighted by molar-refractivity contribution is 0.186. The van der Waals surface area contributed by atoms with Crippen molar-refractivity contribution < 1.29 is 4.74 Å². The van der Waals surface area contributed by atoms with Crippen LogP contribution in [0, 0.1) is 5.41 Å². The van der Waals surface area contributed by atoms with Crippen molar-refractivity contribution in [1.82, 2.24) is 0 Å². The number of allylic oxidation sites excluding steroid dienone is 5. The molecule has 5 aliphatic rings. The minimum absolute atomic E-state index is 0.00953. The van der Waals surface area contributed by atoms with Gasteiger partial charge in [-0.1, -0.05) is 168 Å². The van der Waals surface area contributed by atoms with E-state index in [1.54, 1.807) is 0 Å². The van der Waals surface area contributed by atoms with Crippen LogP contribution >= 0.6 is 0 Å². The van der Waals surface area contributed by atoms with Gasteiger partial charge in [0.2, 0.25) is 0 Å². The van der Waals surface area contributed by atoms with Gasteiger partial charge in [-0.15, -0.1) is 0 Å². The Hall–Kier alpha value is -4.70. The quantitative estimate of drug-likeness (QED) is 0.147. The second kappa shape index (κ2) is 15.2. The first-order chi connectivity index (χ1) is 29.9. The molecule has 0 saturated carbocycles. The molecule has 3 heterocycles. The van der Waals surface area contributed by atoms with Crippen LogP contribution in [-0.2, 0) is 26.4 Å². The largest absolute Gasteiger partial charge is 0.499 e. The van der Waals surface area contributed by atoms with Gasteiger partial charge in [-0.05, 0) is 141 Å². The standard InChI is InChI=1S/C60H75BN2O/c1-17-40(56(4,5)6)34-44(39-21-19-18-20-22-39)38(3)62-48-35-42(58(10,11)12)36-49-52(48)61(47-29-28-46-51(54(47)62)60(15,16)32-31-59(46,13)14)55-53(45-33-37(2)23-30-50(45)64-55)63(49)43-26-24-41(25-27-43)57(7,8)9/h17-22,24-29,33-36,38,53,55H,23,30-32H2,1-16H3/b40-17+,44-34+/t38-,53?,55?/m1/s1. The molecular formula is C60H75BN2O. The van der Waals surface area contributed by atoms with Crippen molar-refractivity contribution in [3.63, 3.8) is 0 Å². The normalized spacial score (nSPS) is 21.9. The van der Waals surface area contributed by atoms with Crippen molar-refractivity contribution >= 4 is 46.0 Å². The maximum absolute atomic E-state index is 7.56. The van der Waals surface area contributed by atoms with Gasteiger partial charge in [0.05, 0.1) is 12.1 Å². The predicted molar refractivity (Wildman–Crippen MR) is 277 cm³/mol. The summed E-state index contributed by atoms with van der Waals surface area (Å²) in [6, 6.07) is 31.0. The Morgan fingerprint density at radius 1 is 0.781 bits per heavy atom. The van der Waals surface area contributed by atoms with Gasteiger partial charge >= 0.3 is 0 Å². The topological polar surface area (TPSA) is 15.7 Å². The van der Waals surface area contributed by atoms with E-state index in [2.05, 4.69) is 218 Å². The number of anilines is 4. The van der Waals surface area contributed by atoms with Crippen LogP contribution in [0.15, 0.2) is 120 Å². The highest BCUT2D eigenvalue weighted by atomic mass is 16.5. The van der Waals surface area contributed by atoms with E-state index in [0.717, 1.165) is 19.3 Å². The van der Waals surface area contributed by atoms with Gasteiger partial charge in [0, 0.05) is 34.7 Å². The SMILES string of the molecule is C/C=C(\C=C(\c1ccccc1)[C@@H](C)N1c2cc(C(C)(C)C)cc3c2B(c2ccc4c(c21)C(C)(C)CCC4(C)C)C1OC2=C(C=C(C)CC2)C1N3c1ccc(C(C)(C)C)cc1)C(C)(C)C. The number of rotatable bonds is 5. The Morgan fingerprint density at radius 3 is 2.05 bits per heavy atom. The molecule has 3 atom stereocenters. The van der Waals surface area contributed by atoms with E-state index in [1.165, 1.54) is 96.0 Å². The molecule has 0 fully saturated rings. The summed E-state index contributed by atoms with van der Waals surface area (Å²) in [6.07, 6.45) is 11.7. The lowest BCUT2D eigenvalue weighted by Gasteiger charge is -2.53. The van der Waals surface area contributed by atoms with Gasteiger partial charge in [-0.25, -0.2) is 0 Å². The molecule has 0 amide bonds. The molecule has 2 aliphatic carbocycles. The van der Waals surface area contributed by atoms with E-state index in [4.69, 9.17) is 4.74 Å². The molecule has 2 unspecified atom stereocenters. The molecular weight excluding hydrogens is 775 g/mol. The Bertz CT molecular complexity index is 2630. The van der Waals surface area contributed by atoms with E-state index in [0.29, 0.717) is 0 Å². The van der Waals surface area contributed by atoms with Crippen molar-refractivity contribution in [2.24, 2.45) is 5.41 Å². The highest BCUT2D eigenvalue weighted by Crippen LogP contribution is 2.55. The molecule has 4 aromatic rings. The highest BCUT2D eigenvalue weighted by molar-refractivity contribution is 6.91. The molecule has 334 valence electrons. The second-order valence-electron chi connectivity index (χ2n) is 24.4. The fourth-order valence-corrected chi connectivity index (χ4v) is 11.9. The monoisotopic (exact) mass is 851 g/mol. The van der Waals surface area contributed by atoms with Crippen molar-refractivity contribution in [2.45, 2.75) is 176 Å². The highest BCUT2D eigenvalue weighted by Gasteiger charge is 2.57. The summed E-state index contributed by atoms with van der Waals surface area (Å²) in [5, 5.41) is 0.